The van der Waals surface area contributed by atoms with Crippen molar-refractivity contribution in [2.24, 2.45) is 0 Å². The first kappa shape index (κ1) is 11.5. The van der Waals surface area contributed by atoms with Crippen molar-refractivity contribution in [3.05, 3.63) is 39.6 Å². The zero-order chi connectivity index (χ0) is 12.4. The third kappa shape index (κ3) is 2.56. The largest absolute Gasteiger partial charge is 0.364 e. The fraction of sp³-hybridized carbons (Fsp3) is 0.200. The second-order valence-corrected chi connectivity index (χ2v) is 4.25. The van der Waals surface area contributed by atoms with Gasteiger partial charge in [-0.25, -0.2) is 4.98 Å². The molecule has 2 aromatic heterocycles. The number of H-pyrrole nitrogens is 1. The van der Waals surface area contributed by atoms with Gasteiger partial charge in [0.15, 0.2) is 5.43 Å². The number of carbonyl (C=O) groups excluding carboxylic acids is 1. The molecule has 0 saturated carbocycles. The minimum Gasteiger partial charge on any atom is -0.364 e. The first-order chi connectivity index (χ1) is 8.06. The van der Waals surface area contributed by atoms with Gasteiger partial charge in [-0.05, 0) is 13.8 Å². The van der Waals surface area contributed by atoms with Gasteiger partial charge in [-0.1, -0.05) is 0 Å². The Hall–Kier alpha value is -2.02. The minimum atomic E-state index is -0.484. The lowest BCUT2D eigenvalue weighted by atomic mass is 10.2. The van der Waals surface area contributed by atoms with E-state index in [9.17, 15) is 9.59 Å². The van der Waals surface area contributed by atoms with Crippen LogP contribution in [0.4, 0.5) is 5.13 Å². The zero-order valence-electron chi connectivity index (χ0n) is 9.27. The molecule has 17 heavy (non-hydrogen) atoms. The van der Waals surface area contributed by atoms with Gasteiger partial charge in [0.25, 0.3) is 5.91 Å². The molecule has 0 bridgehead atoms. The number of carbonyl (C=O) groups is 1. The first-order valence-electron chi connectivity index (χ1n) is 4.87. The second-order valence-electron chi connectivity index (χ2n) is 3.49. The molecule has 7 heteroatoms. The van der Waals surface area contributed by atoms with Crippen LogP contribution in [0, 0.1) is 13.8 Å². The van der Waals surface area contributed by atoms with Crippen LogP contribution < -0.4 is 10.7 Å². The van der Waals surface area contributed by atoms with Crippen LogP contribution in [0.15, 0.2) is 17.1 Å². The number of aryl methyl sites for hydroxylation is 2. The maximum absolute atomic E-state index is 11.8. The van der Waals surface area contributed by atoms with Crippen LogP contribution in [0.3, 0.4) is 0 Å². The Kier molecular flexibility index (Phi) is 3.01. The van der Waals surface area contributed by atoms with Gasteiger partial charge in [0.1, 0.15) is 11.4 Å². The summed E-state index contributed by atoms with van der Waals surface area (Å²) in [5.74, 6) is 0.102. The molecule has 0 radical (unpaired) electrons. The zero-order valence-corrected chi connectivity index (χ0v) is 10.1. The minimum absolute atomic E-state index is 0.0588. The fourth-order valence-electron chi connectivity index (χ4n) is 1.26. The highest BCUT2D eigenvalue weighted by atomic mass is 32.1. The van der Waals surface area contributed by atoms with Crippen molar-refractivity contribution in [1.82, 2.24) is 14.3 Å². The molecular formula is C10H10N4O2S. The SMILES string of the molecule is Cc1nsc(NC(=O)c2c[nH]c(C)cc2=O)n1. The smallest absolute Gasteiger partial charge is 0.262 e. The highest BCUT2D eigenvalue weighted by Crippen LogP contribution is 2.10. The Morgan fingerprint density at radius 3 is 2.82 bits per heavy atom. The summed E-state index contributed by atoms with van der Waals surface area (Å²) in [7, 11) is 0. The molecule has 0 spiro atoms. The maximum Gasteiger partial charge on any atom is 0.262 e. The van der Waals surface area contributed by atoms with E-state index in [0.717, 1.165) is 11.5 Å². The van der Waals surface area contributed by atoms with E-state index in [1.165, 1.54) is 12.3 Å². The number of nitrogens with zero attached hydrogens (tertiary/aromatic N) is 2. The standard InChI is InChI=1S/C10H10N4O2S/c1-5-3-8(15)7(4-11-5)9(16)13-10-12-6(2)14-17-10/h3-4H,1-2H3,(H,11,15)(H,12,13,14,16). The highest BCUT2D eigenvalue weighted by molar-refractivity contribution is 7.09. The Morgan fingerprint density at radius 2 is 2.24 bits per heavy atom. The van der Waals surface area contributed by atoms with E-state index in [4.69, 9.17) is 0 Å². The average Bonchev–Trinajstić information content (AvgIpc) is 2.63. The van der Waals surface area contributed by atoms with E-state index in [-0.39, 0.29) is 11.0 Å². The summed E-state index contributed by atoms with van der Waals surface area (Å²) in [6, 6.07) is 1.38. The van der Waals surface area contributed by atoms with Gasteiger partial charge in [-0.15, -0.1) is 0 Å². The number of pyridine rings is 1. The quantitative estimate of drug-likeness (QED) is 0.835. The molecule has 0 aliphatic heterocycles. The normalized spacial score (nSPS) is 10.2. The number of anilines is 1. The number of hydrogen-bond donors (Lipinski definition) is 2. The van der Waals surface area contributed by atoms with Gasteiger partial charge in [0.05, 0.1) is 0 Å². The summed E-state index contributed by atoms with van der Waals surface area (Å²) in [6.07, 6.45) is 1.39. The van der Waals surface area contributed by atoms with Gasteiger partial charge in [0, 0.05) is 29.5 Å². The van der Waals surface area contributed by atoms with Crippen molar-refractivity contribution in [1.29, 1.82) is 0 Å². The molecule has 2 N–H and O–H groups in total. The van der Waals surface area contributed by atoms with Crippen LogP contribution in [0.2, 0.25) is 0 Å². The summed E-state index contributed by atoms with van der Waals surface area (Å²) in [6.45, 7) is 3.47. The Bertz CT molecular complexity index is 617. The molecule has 88 valence electrons. The average molecular weight is 250 g/mol. The van der Waals surface area contributed by atoms with E-state index >= 15 is 0 Å². The van der Waals surface area contributed by atoms with Crippen molar-refractivity contribution in [3.8, 4) is 0 Å². The van der Waals surface area contributed by atoms with Crippen LogP contribution >= 0.6 is 11.5 Å². The summed E-state index contributed by atoms with van der Waals surface area (Å²) in [5, 5.41) is 2.91. The molecule has 0 aliphatic carbocycles. The Morgan fingerprint density at radius 1 is 1.47 bits per heavy atom. The number of rotatable bonds is 2. The lowest BCUT2D eigenvalue weighted by molar-refractivity contribution is 0.102. The number of amides is 1. The van der Waals surface area contributed by atoms with Gasteiger partial charge in [-0.3, -0.25) is 14.9 Å². The molecule has 0 saturated heterocycles. The number of aromatic nitrogens is 3. The van der Waals surface area contributed by atoms with Gasteiger partial charge >= 0.3 is 0 Å². The molecule has 0 aromatic carbocycles. The molecule has 2 heterocycles. The third-order valence-electron chi connectivity index (χ3n) is 2.05. The van der Waals surface area contributed by atoms with E-state index in [1.54, 1.807) is 13.8 Å². The summed E-state index contributed by atoms with van der Waals surface area (Å²) in [5.41, 5.74) is 0.446. The molecular weight excluding hydrogens is 240 g/mol. The topological polar surface area (TPSA) is 87.7 Å². The molecule has 2 rings (SSSR count). The number of aromatic amines is 1. The molecule has 0 atom stereocenters. The predicted molar refractivity (Wildman–Crippen MR) is 64.4 cm³/mol. The van der Waals surface area contributed by atoms with Crippen LogP contribution in [-0.2, 0) is 0 Å². The maximum atomic E-state index is 11.8. The summed E-state index contributed by atoms with van der Waals surface area (Å²) in [4.78, 5) is 30.1. The van der Waals surface area contributed by atoms with Crippen LogP contribution in [0.1, 0.15) is 21.9 Å². The molecule has 6 nitrogen and oxygen atoms in total. The second kappa shape index (κ2) is 4.46. The molecule has 0 unspecified atom stereocenters. The van der Waals surface area contributed by atoms with Gasteiger partial charge in [0.2, 0.25) is 5.13 Å². The third-order valence-corrected chi connectivity index (χ3v) is 2.77. The van der Waals surface area contributed by atoms with E-state index < -0.39 is 5.91 Å². The summed E-state index contributed by atoms with van der Waals surface area (Å²) >= 11 is 1.08. The lowest BCUT2D eigenvalue weighted by Gasteiger charge is -2.00. The molecule has 0 aliphatic rings. The lowest BCUT2D eigenvalue weighted by Crippen LogP contribution is -2.21. The van der Waals surface area contributed by atoms with Gasteiger partial charge < -0.3 is 4.98 Å². The monoisotopic (exact) mass is 250 g/mol. The Labute approximate surface area is 101 Å². The van der Waals surface area contributed by atoms with E-state index in [1.807, 2.05) is 0 Å². The van der Waals surface area contributed by atoms with Crippen LogP contribution in [0.25, 0.3) is 0 Å². The highest BCUT2D eigenvalue weighted by Gasteiger charge is 2.12. The first-order valence-corrected chi connectivity index (χ1v) is 5.64. The molecule has 1 amide bonds. The van der Waals surface area contributed by atoms with Crippen LogP contribution in [0.5, 0.6) is 0 Å². The van der Waals surface area contributed by atoms with Crippen molar-refractivity contribution in [3.63, 3.8) is 0 Å². The Balaban J connectivity index is 2.23. The van der Waals surface area contributed by atoms with Crippen LogP contribution in [-0.4, -0.2) is 20.2 Å². The van der Waals surface area contributed by atoms with E-state index in [0.29, 0.717) is 16.6 Å². The summed E-state index contributed by atoms with van der Waals surface area (Å²) < 4.78 is 3.93. The van der Waals surface area contributed by atoms with Gasteiger partial charge in [-0.2, -0.15) is 4.37 Å². The number of hydrogen-bond acceptors (Lipinski definition) is 5. The fourth-order valence-corrected chi connectivity index (χ4v) is 1.83. The number of nitrogens with one attached hydrogen (secondary N) is 2. The molecule has 2 aromatic rings. The molecule has 0 fully saturated rings. The predicted octanol–water partition coefficient (Wildman–Crippen LogP) is 1.10. The van der Waals surface area contributed by atoms with Crippen molar-refractivity contribution in [2.75, 3.05) is 5.32 Å². The van der Waals surface area contributed by atoms with Crippen molar-refractivity contribution < 1.29 is 4.79 Å². The van der Waals surface area contributed by atoms with Crippen molar-refractivity contribution >= 4 is 22.6 Å². The van der Waals surface area contributed by atoms with Crippen molar-refractivity contribution in [2.45, 2.75) is 13.8 Å². The van der Waals surface area contributed by atoms with E-state index in [2.05, 4.69) is 19.7 Å².